The molecule has 0 saturated carbocycles. The van der Waals surface area contributed by atoms with Crippen LogP contribution in [-0.4, -0.2) is 47.1 Å². The third-order valence-electron chi connectivity index (χ3n) is 5.77. The molecule has 0 unspecified atom stereocenters. The van der Waals surface area contributed by atoms with E-state index in [2.05, 4.69) is 20.9 Å². The lowest BCUT2D eigenvalue weighted by molar-refractivity contribution is -0.130. The molecule has 1 aliphatic rings. The van der Waals surface area contributed by atoms with Crippen molar-refractivity contribution in [1.29, 1.82) is 0 Å². The van der Waals surface area contributed by atoms with Gasteiger partial charge >= 0.3 is 0 Å². The molecular weight excluding hydrogens is 452 g/mol. The van der Waals surface area contributed by atoms with Gasteiger partial charge in [-0.3, -0.25) is 19.2 Å². The standard InChI is InChI=1S/C25H34N4O4S/c1-14(2)11-19(27-21(30)12-15(3)4)24(33)28-18(13-16-9-10-26-23(16)32)22(31)25-29-17-7-5-6-8-20(17)34-25/h5-8,14-16,18-19H,9-13H2,1-4H3,(H,26,32)(H,27,30)(H,28,33)/t16-,18-,19-/m0/s1. The molecule has 8 nitrogen and oxygen atoms in total. The minimum absolute atomic E-state index is 0.111. The van der Waals surface area contributed by atoms with Gasteiger partial charge < -0.3 is 16.0 Å². The minimum Gasteiger partial charge on any atom is -0.356 e. The summed E-state index contributed by atoms with van der Waals surface area (Å²) in [6.45, 7) is 8.39. The van der Waals surface area contributed by atoms with Crippen LogP contribution in [0.25, 0.3) is 10.2 Å². The van der Waals surface area contributed by atoms with Gasteiger partial charge in [0.1, 0.15) is 6.04 Å². The van der Waals surface area contributed by atoms with Crippen molar-refractivity contribution in [3.63, 3.8) is 0 Å². The van der Waals surface area contributed by atoms with Gasteiger partial charge in [-0.15, -0.1) is 11.3 Å². The molecule has 3 amide bonds. The number of carbonyl (C=O) groups is 4. The Hall–Kier alpha value is -2.81. The van der Waals surface area contributed by atoms with Crippen LogP contribution < -0.4 is 16.0 Å². The van der Waals surface area contributed by atoms with Gasteiger partial charge in [0, 0.05) is 18.9 Å². The number of benzene rings is 1. The molecular formula is C25H34N4O4S. The third-order valence-corrected chi connectivity index (χ3v) is 6.82. The number of para-hydroxylation sites is 1. The molecule has 3 rings (SSSR count). The average Bonchev–Trinajstić information content (AvgIpc) is 3.37. The number of rotatable bonds is 11. The second-order valence-electron chi connectivity index (χ2n) is 9.77. The van der Waals surface area contributed by atoms with Crippen molar-refractivity contribution in [3.05, 3.63) is 29.3 Å². The van der Waals surface area contributed by atoms with E-state index < -0.39 is 18.0 Å². The number of Topliss-reactive ketones (excluding diaryl/α,β-unsaturated/α-hetero) is 1. The number of carbonyl (C=O) groups excluding carboxylic acids is 4. The summed E-state index contributed by atoms with van der Waals surface area (Å²) >= 11 is 1.27. The Morgan fingerprint density at radius 2 is 1.82 bits per heavy atom. The highest BCUT2D eigenvalue weighted by Crippen LogP contribution is 2.25. The largest absolute Gasteiger partial charge is 0.356 e. The van der Waals surface area contributed by atoms with Gasteiger partial charge in [-0.05, 0) is 43.2 Å². The smallest absolute Gasteiger partial charge is 0.243 e. The summed E-state index contributed by atoms with van der Waals surface area (Å²) < 4.78 is 0.883. The van der Waals surface area contributed by atoms with Crippen molar-refractivity contribution in [1.82, 2.24) is 20.9 Å². The molecule has 1 aromatic heterocycles. The number of ketones is 1. The zero-order valence-electron chi connectivity index (χ0n) is 20.2. The van der Waals surface area contributed by atoms with Crippen LogP contribution in [0.15, 0.2) is 24.3 Å². The Kier molecular flexibility index (Phi) is 8.77. The lowest BCUT2D eigenvalue weighted by Gasteiger charge is -2.25. The van der Waals surface area contributed by atoms with Gasteiger partial charge in [-0.2, -0.15) is 0 Å². The maximum absolute atomic E-state index is 13.5. The molecule has 1 aliphatic heterocycles. The van der Waals surface area contributed by atoms with Crippen LogP contribution in [0, 0.1) is 17.8 Å². The molecule has 9 heteroatoms. The lowest BCUT2D eigenvalue weighted by atomic mass is 9.95. The first-order valence-corrected chi connectivity index (χ1v) is 12.7. The van der Waals surface area contributed by atoms with E-state index in [0.29, 0.717) is 30.8 Å². The predicted octanol–water partition coefficient (Wildman–Crippen LogP) is 3.07. The second-order valence-corrected chi connectivity index (χ2v) is 10.8. The minimum atomic E-state index is -0.904. The summed E-state index contributed by atoms with van der Waals surface area (Å²) in [5, 5.41) is 8.78. The van der Waals surface area contributed by atoms with Crippen molar-refractivity contribution < 1.29 is 19.2 Å². The number of amides is 3. The fourth-order valence-corrected chi connectivity index (χ4v) is 5.07. The first kappa shape index (κ1) is 25.8. The van der Waals surface area contributed by atoms with Gasteiger partial charge in [-0.1, -0.05) is 39.8 Å². The van der Waals surface area contributed by atoms with Crippen LogP contribution in [0.1, 0.15) is 63.2 Å². The second kappa shape index (κ2) is 11.6. The Balaban J connectivity index is 1.82. The van der Waals surface area contributed by atoms with E-state index in [1.807, 2.05) is 52.0 Å². The van der Waals surface area contributed by atoms with Crippen LogP contribution in [0.5, 0.6) is 0 Å². The summed E-state index contributed by atoms with van der Waals surface area (Å²) in [5.41, 5.74) is 0.721. The highest BCUT2D eigenvalue weighted by Gasteiger charge is 2.34. The van der Waals surface area contributed by atoms with Gasteiger partial charge in [0.05, 0.1) is 16.3 Å². The Morgan fingerprint density at radius 3 is 2.44 bits per heavy atom. The molecule has 0 bridgehead atoms. The van der Waals surface area contributed by atoms with Crippen LogP contribution in [-0.2, 0) is 14.4 Å². The van der Waals surface area contributed by atoms with Gasteiger partial charge in [0.2, 0.25) is 23.5 Å². The number of hydrogen-bond donors (Lipinski definition) is 3. The molecule has 1 fully saturated rings. The molecule has 0 spiro atoms. The Labute approximate surface area is 204 Å². The summed E-state index contributed by atoms with van der Waals surface area (Å²) in [6.07, 6.45) is 1.57. The zero-order chi connectivity index (χ0) is 24.8. The summed E-state index contributed by atoms with van der Waals surface area (Å²) in [7, 11) is 0. The van der Waals surface area contributed by atoms with Crippen molar-refractivity contribution in [2.24, 2.45) is 17.8 Å². The van der Waals surface area contributed by atoms with Crippen LogP contribution in [0.3, 0.4) is 0 Å². The molecule has 0 aliphatic carbocycles. The summed E-state index contributed by atoms with van der Waals surface area (Å²) in [5.74, 6) is -1.07. The van der Waals surface area contributed by atoms with Crippen LogP contribution in [0.2, 0.25) is 0 Å². The third kappa shape index (κ3) is 6.85. The van der Waals surface area contributed by atoms with Gasteiger partial charge in [-0.25, -0.2) is 4.98 Å². The molecule has 3 N–H and O–H groups in total. The van der Waals surface area contributed by atoms with E-state index >= 15 is 0 Å². The number of thiazole rings is 1. The quantitative estimate of drug-likeness (QED) is 0.422. The van der Waals surface area contributed by atoms with Crippen molar-refractivity contribution in [2.45, 2.75) is 65.5 Å². The molecule has 1 saturated heterocycles. The molecule has 1 aromatic carbocycles. The molecule has 2 heterocycles. The van der Waals surface area contributed by atoms with E-state index in [1.165, 1.54) is 11.3 Å². The van der Waals surface area contributed by atoms with Crippen molar-refractivity contribution in [2.75, 3.05) is 6.54 Å². The fourth-order valence-electron chi connectivity index (χ4n) is 4.11. The normalized spacial score (nSPS) is 17.6. The number of nitrogens with one attached hydrogen (secondary N) is 3. The maximum atomic E-state index is 13.5. The molecule has 0 radical (unpaired) electrons. The molecule has 3 atom stereocenters. The molecule has 34 heavy (non-hydrogen) atoms. The van der Waals surface area contributed by atoms with Crippen LogP contribution in [0.4, 0.5) is 0 Å². The monoisotopic (exact) mass is 486 g/mol. The van der Waals surface area contributed by atoms with Crippen LogP contribution >= 0.6 is 11.3 Å². The zero-order valence-corrected chi connectivity index (χ0v) is 21.0. The first-order valence-electron chi connectivity index (χ1n) is 11.9. The van der Waals surface area contributed by atoms with Crippen molar-refractivity contribution in [3.8, 4) is 0 Å². The van der Waals surface area contributed by atoms with E-state index in [4.69, 9.17) is 0 Å². The summed E-state index contributed by atoms with van der Waals surface area (Å²) in [4.78, 5) is 55.8. The Morgan fingerprint density at radius 1 is 1.09 bits per heavy atom. The first-order chi connectivity index (χ1) is 16.1. The highest BCUT2D eigenvalue weighted by molar-refractivity contribution is 7.20. The number of fused-ring (bicyclic) bond motifs is 1. The van der Waals surface area contributed by atoms with E-state index in [0.717, 1.165) is 10.2 Å². The number of aromatic nitrogens is 1. The van der Waals surface area contributed by atoms with Crippen molar-refractivity contribution >= 4 is 45.1 Å². The van der Waals surface area contributed by atoms with Gasteiger partial charge in [0.15, 0.2) is 5.01 Å². The maximum Gasteiger partial charge on any atom is 0.243 e. The predicted molar refractivity (Wildman–Crippen MR) is 132 cm³/mol. The molecule has 2 aromatic rings. The SMILES string of the molecule is CC(C)CC(=O)N[C@@H](CC(C)C)C(=O)N[C@@H](C[C@@H]1CCNC1=O)C(=O)c1nc2ccccc2s1. The van der Waals surface area contributed by atoms with E-state index in [-0.39, 0.29) is 41.8 Å². The molecule has 184 valence electrons. The number of hydrogen-bond acceptors (Lipinski definition) is 6. The average molecular weight is 487 g/mol. The van der Waals surface area contributed by atoms with E-state index in [9.17, 15) is 19.2 Å². The Bertz CT molecular complexity index is 1020. The topological polar surface area (TPSA) is 117 Å². The van der Waals surface area contributed by atoms with Gasteiger partial charge in [0.25, 0.3) is 0 Å². The summed E-state index contributed by atoms with van der Waals surface area (Å²) in [6, 6.07) is 5.81. The fraction of sp³-hybridized carbons (Fsp3) is 0.560. The number of nitrogens with zero attached hydrogens (tertiary/aromatic N) is 1. The lowest BCUT2D eigenvalue weighted by Crippen LogP contribution is -2.52. The highest BCUT2D eigenvalue weighted by atomic mass is 32.1. The van der Waals surface area contributed by atoms with E-state index in [1.54, 1.807) is 0 Å².